The molecule has 1 saturated heterocycles. The summed E-state index contributed by atoms with van der Waals surface area (Å²) in [6.07, 6.45) is 1.11. The average molecular weight is 423 g/mol. The van der Waals surface area contributed by atoms with Crippen molar-refractivity contribution in [2.75, 3.05) is 32.1 Å². The molecule has 6 heteroatoms. The lowest BCUT2D eigenvalue weighted by atomic mass is 9.84. The number of rotatable bonds is 4. The first kappa shape index (κ1) is 20.3. The quantitative estimate of drug-likeness (QED) is 0.821. The maximum absolute atomic E-state index is 13.1. The monoisotopic (exact) mass is 422 g/mol. The van der Waals surface area contributed by atoms with Crippen molar-refractivity contribution in [3.8, 4) is 5.75 Å². The Morgan fingerprint density at radius 3 is 2.77 bits per heavy atom. The van der Waals surface area contributed by atoms with E-state index in [0.717, 1.165) is 36.4 Å². The normalized spacial score (nSPS) is 26.5. The minimum absolute atomic E-state index is 0.114. The lowest BCUT2D eigenvalue weighted by molar-refractivity contribution is -0.149. The van der Waals surface area contributed by atoms with Crippen LogP contribution in [-0.2, 0) is 22.5 Å². The third-order valence-electron chi connectivity index (χ3n) is 6.88. The van der Waals surface area contributed by atoms with E-state index in [1.54, 1.807) is 0 Å². The Kier molecular flexibility index (Phi) is 5.36. The van der Waals surface area contributed by atoms with Gasteiger partial charge in [-0.1, -0.05) is 24.3 Å². The number of ether oxygens (including phenoxy) is 2. The molecule has 0 spiro atoms. The molecule has 1 amide bonds. The summed E-state index contributed by atoms with van der Waals surface area (Å²) < 4.78 is 12.3. The van der Waals surface area contributed by atoms with Crippen LogP contribution in [0.1, 0.15) is 35.4 Å². The molecule has 31 heavy (non-hydrogen) atoms. The fourth-order valence-corrected chi connectivity index (χ4v) is 5.19. The summed E-state index contributed by atoms with van der Waals surface area (Å²) in [6, 6.07) is 14.5. The minimum Gasteiger partial charge on any atom is -0.487 e. The molecule has 2 aromatic carbocycles. The van der Waals surface area contributed by atoms with Gasteiger partial charge in [0.2, 0.25) is 5.91 Å². The van der Waals surface area contributed by atoms with E-state index in [2.05, 4.69) is 29.2 Å². The lowest BCUT2D eigenvalue weighted by Crippen LogP contribution is -2.48. The van der Waals surface area contributed by atoms with Crippen LogP contribution in [-0.4, -0.2) is 61.5 Å². The van der Waals surface area contributed by atoms with Crippen LogP contribution < -0.4 is 9.64 Å². The number of anilines is 1. The van der Waals surface area contributed by atoms with E-state index in [-0.39, 0.29) is 30.6 Å². The minimum atomic E-state index is -0.422. The maximum atomic E-state index is 13.1. The van der Waals surface area contributed by atoms with E-state index in [1.807, 2.05) is 37.2 Å². The standard InChI is InChI=1S/C25H30N2O4/c1-26(2)18-7-8-22-20(11-18)21-12-19(30-23(15-28)25(21)31-22)13-24(29)27-10-9-16-5-3-4-6-17(16)14-27/h3-8,11,19,21,23,25,28H,9-10,12-15H2,1-2H3/t19-,21-,23-,25+/m0/s1. The van der Waals surface area contributed by atoms with Crippen molar-refractivity contribution in [1.29, 1.82) is 0 Å². The number of hydrogen-bond donors (Lipinski definition) is 1. The molecule has 164 valence electrons. The Hall–Kier alpha value is -2.57. The van der Waals surface area contributed by atoms with E-state index >= 15 is 0 Å². The molecular weight excluding hydrogens is 392 g/mol. The molecule has 3 aliphatic heterocycles. The molecule has 3 aliphatic rings. The number of aliphatic hydroxyl groups excluding tert-OH is 1. The van der Waals surface area contributed by atoms with Gasteiger partial charge in [-0.3, -0.25) is 4.79 Å². The largest absolute Gasteiger partial charge is 0.487 e. The van der Waals surface area contributed by atoms with Crippen LogP contribution >= 0.6 is 0 Å². The van der Waals surface area contributed by atoms with Crippen LogP contribution in [0.2, 0.25) is 0 Å². The maximum Gasteiger partial charge on any atom is 0.225 e. The number of aliphatic hydroxyl groups is 1. The molecule has 1 fully saturated rings. The number of hydrogen-bond acceptors (Lipinski definition) is 5. The Balaban J connectivity index is 1.31. The third-order valence-corrected chi connectivity index (χ3v) is 6.88. The molecule has 2 aromatic rings. The van der Waals surface area contributed by atoms with Gasteiger partial charge in [0.05, 0.1) is 19.1 Å². The molecule has 0 aliphatic carbocycles. The van der Waals surface area contributed by atoms with E-state index in [4.69, 9.17) is 9.47 Å². The molecule has 0 unspecified atom stereocenters. The van der Waals surface area contributed by atoms with Crippen molar-refractivity contribution in [3.63, 3.8) is 0 Å². The third kappa shape index (κ3) is 3.79. The van der Waals surface area contributed by atoms with Crippen LogP contribution in [0.25, 0.3) is 0 Å². The predicted octanol–water partition coefficient (Wildman–Crippen LogP) is 2.72. The zero-order valence-electron chi connectivity index (χ0n) is 18.2. The second-order valence-corrected chi connectivity index (χ2v) is 9.06. The summed E-state index contributed by atoms with van der Waals surface area (Å²) in [5.74, 6) is 1.11. The van der Waals surface area contributed by atoms with Crippen LogP contribution in [0.4, 0.5) is 5.69 Å². The number of carbonyl (C=O) groups is 1. The van der Waals surface area contributed by atoms with Gasteiger partial charge >= 0.3 is 0 Å². The topological polar surface area (TPSA) is 62.2 Å². The van der Waals surface area contributed by atoms with Gasteiger partial charge in [0, 0.05) is 44.4 Å². The highest BCUT2D eigenvalue weighted by molar-refractivity contribution is 5.77. The molecule has 4 atom stereocenters. The van der Waals surface area contributed by atoms with Crippen molar-refractivity contribution in [1.82, 2.24) is 4.90 Å². The van der Waals surface area contributed by atoms with Crippen molar-refractivity contribution in [3.05, 3.63) is 59.2 Å². The molecular formula is C25H30N2O4. The Labute approximate surface area is 183 Å². The van der Waals surface area contributed by atoms with Crippen LogP contribution in [0, 0.1) is 0 Å². The number of amides is 1. The molecule has 6 nitrogen and oxygen atoms in total. The van der Waals surface area contributed by atoms with Crippen molar-refractivity contribution < 1.29 is 19.4 Å². The zero-order chi connectivity index (χ0) is 21.5. The number of benzene rings is 2. The Morgan fingerprint density at radius 1 is 1.19 bits per heavy atom. The summed E-state index contributed by atoms with van der Waals surface area (Å²) in [5.41, 5.74) is 4.84. The number of carbonyl (C=O) groups excluding carboxylic acids is 1. The van der Waals surface area contributed by atoms with Gasteiger partial charge in [0.25, 0.3) is 0 Å². The molecule has 0 aromatic heterocycles. The predicted molar refractivity (Wildman–Crippen MR) is 118 cm³/mol. The van der Waals surface area contributed by atoms with Crippen molar-refractivity contribution in [2.24, 2.45) is 0 Å². The highest BCUT2D eigenvalue weighted by Crippen LogP contribution is 2.47. The molecule has 0 bridgehead atoms. The summed E-state index contributed by atoms with van der Waals surface area (Å²) in [4.78, 5) is 17.1. The van der Waals surface area contributed by atoms with E-state index in [9.17, 15) is 9.90 Å². The number of nitrogens with zero attached hydrogens (tertiary/aromatic N) is 2. The van der Waals surface area contributed by atoms with Crippen LogP contribution in [0.15, 0.2) is 42.5 Å². The van der Waals surface area contributed by atoms with E-state index in [1.165, 1.54) is 11.1 Å². The molecule has 0 radical (unpaired) electrons. The highest BCUT2D eigenvalue weighted by atomic mass is 16.6. The number of fused-ring (bicyclic) bond motifs is 4. The second kappa shape index (κ2) is 8.17. The first-order valence-corrected chi connectivity index (χ1v) is 11.1. The molecule has 5 rings (SSSR count). The van der Waals surface area contributed by atoms with Crippen LogP contribution in [0.5, 0.6) is 5.75 Å². The molecule has 1 N–H and O–H groups in total. The average Bonchev–Trinajstić information content (AvgIpc) is 3.16. The fourth-order valence-electron chi connectivity index (χ4n) is 5.19. The van der Waals surface area contributed by atoms with E-state index in [0.29, 0.717) is 13.0 Å². The first-order valence-electron chi connectivity index (χ1n) is 11.1. The van der Waals surface area contributed by atoms with Gasteiger partial charge in [0.15, 0.2) is 0 Å². The van der Waals surface area contributed by atoms with Gasteiger partial charge in [-0.05, 0) is 42.2 Å². The summed E-state index contributed by atoms with van der Waals surface area (Å²) in [6.45, 7) is 1.29. The Morgan fingerprint density at radius 2 is 2.00 bits per heavy atom. The summed E-state index contributed by atoms with van der Waals surface area (Å²) in [5, 5.41) is 9.96. The highest BCUT2D eigenvalue weighted by Gasteiger charge is 2.46. The van der Waals surface area contributed by atoms with Gasteiger partial charge in [-0.25, -0.2) is 0 Å². The molecule has 0 saturated carbocycles. The van der Waals surface area contributed by atoms with Crippen LogP contribution in [0.3, 0.4) is 0 Å². The second-order valence-electron chi connectivity index (χ2n) is 9.06. The first-order chi connectivity index (χ1) is 15.0. The smallest absolute Gasteiger partial charge is 0.225 e. The van der Waals surface area contributed by atoms with Crippen molar-refractivity contribution in [2.45, 2.75) is 50.0 Å². The fraction of sp³-hybridized carbons (Fsp3) is 0.480. The van der Waals surface area contributed by atoms with Gasteiger partial charge < -0.3 is 24.4 Å². The van der Waals surface area contributed by atoms with Gasteiger partial charge in [-0.15, -0.1) is 0 Å². The summed E-state index contributed by atoms with van der Waals surface area (Å²) in [7, 11) is 4.04. The lowest BCUT2D eigenvalue weighted by Gasteiger charge is -2.38. The zero-order valence-corrected chi connectivity index (χ0v) is 18.2. The Bertz CT molecular complexity index is 976. The van der Waals surface area contributed by atoms with E-state index < -0.39 is 6.10 Å². The van der Waals surface area contributed by atoms with Gasteiger partial charge in [-0.2, -0.15) is 0 Å². The van der Waals surface area contributed by atoms with Crippen molar-refractivity contribution >= 4 is 11.6 Å². The SMILES string of the molecule is CN(C)c1ccc2c(c1)[C@@H]1C[C@@H](CC(=O)N3CCc4ccccc4C3)O[C@@H](CO)[C@@H]1O2. The molecule has 3 heterocycles. The summed E-state index contributed by atoms with van der Waals surface area (Å²) >= 11 is 0. The van der Waals surface area contributed by atoms with Gasteiger partial charge in [0.1, 0.15) is 18.0 Å².